The molecule has 0 aromatic carbocycles. The summed E-state index contributed by atoms with van der Waals surface area (Å²) in [7, 11) is 3.22. The summed E-state index contributed by atoms with van der Waals surface area (Å²) in [5, 5.41) is 3.41. The highest BCUT2D eigenvalue weighted by Crippen LogP contribution is 2.29. The number of hydrogen-bond donors (Lipinski definition) is 1. The fraction of sp³-hybridized carbons (Fsp3) is 0.692. The molecule has 0 spiro atoms. The van der Waals surface area contributed by atoms with Crippen molar-refractivity contribution in [2.24, 2.45) is 5.92 Å². The molecule has 1 aromatic rings. The van der Waals surface area contributed by atoms with Crippen molar-refractivity contribution >= 4 is 0 Å². The molecule has 1 aliphatic carbocycles. The fourth-order valence-corrected chi connectivity index (χ4v) is 2.19. The summed E-state index contributed by atoms with van der Waals surface area (Å²) in [6.45, 7) is 1.70. The second-order valence-electron chi connectivity index (χ2n) is 4.63. The Morgan fingerprint density at radius 2 is 1.89 bits per heavy atom. The average Bonchev–Trinajstić information content (AvgIpc) is 2.36. The maximum absolute atomic E-state index is 5.23. The van der Waals surface area contributed by atoms with E-state index in [0.29, 0.717) is 18.3 Å². The van der Waals surface area contributed by atoms with Crippen LogP contribution in [0, 0.1) is 5.92 Å². The van der Waals surface area contributed by atoms with Crippen LogP contribution >= 0.6 is 0 Å². The third-order valence-electron chi connectivity index (χ3n) is 3.51. The summed E-state index contributed by atoms with van der Waals surface area (Å²) < 4.78 is 10.5. The van der Waals surface area contributed by atoms with Gasteiger partial charge in [-0.15, -0.1) is 0 Å². The SMILES string of the molecule is COc1ncnc(OC)c1CNCCC1CCC1. The van der Waals surface area contributed by atoms with Crippen molar-refractivity contribution in [3.63, 3.8) is 0 Å². The molecule has 1 saturated carbocycles. The number of rotatable bonds is 7. The van der Waals surface area contributed by atoms with Crippen LogP contribution in [0.4, 0.5) is 0 Å². The first-order valence-electron chi connectivity index (χ1n) is 6.47. The van der Waals surface area contributed by atoms with Gasteiger partial charge in [0.25, 0.3) is 0 Å². The van der Waals surface area contributed by atoms with Gasteiger partial charge in [-0.3, -0.25) is 0 Å². The monoisotopic (exact) mass is 251 g/mol. The smallest absolute Gasteiger partial charge is 0.224 e. The van der Waals surface area contributed by atoms with Gasteiger partial charge in [-0.05, 0) is 18.9 Å². The number of methoxy groups -OCH3 is 2. The van der Waals surface area contributed by atoms with Crippen molar-refractivity contribution in [3.8, 4) is 11.8 Å². The average molecular weight is 251 g/mol. The van der Waals surface area contributed by atoms with Crippen molar-refractivity contribution in [1.29, 1.82) is 0 Å². The van der Waals surface area contributed by atoms with Gasteiger partial charge in [-0.2, -0.15) is 0 Å². The Labute approximate surface area is 108 Å². The van der Waals surface area contributed by atoms with E-state index in [1.165, 1.54) is 32.0 Å². The normalized spacial score (nSPS) is 15.2. The lowest BCUT2D eigenvalue weighted by atomic mass is 9.83. The predicted molar refractivity (Wildman–Crippen MR) is 68.8 cm³/mol. The van der Waals surface area contributed by atoms with E-state index in [4.69, 9.17) is 9.47 Å². The van der Waals surface area contributed by atoms with Crippen molar-refractivity contribution in [2.45, 2.75) is 32.2 Å². The Hall–Kier alpha value is -1.36. The zero-order chi connectivity index (χ0) is 12.8. The van der Waals surface area contributed by atoms with Crippen LogP contribution in [0.5, 0.6) is 11.8 Å². The Morgan fingerprint density at radius 1 is 1.22 bits per heavy atom. The van der Waals surface area contributed by atoms with Crippen LogP contribution in [0.25, 0.3) is 0 Å². The van der Waals surface area contributed by atoms with Gasteiger partial charge in [-0.1, -0.05) is 19.3 Å². The van der Waals surface area contributed by atoms with Gasteiger partial charge in [-0.25, -0.2) is 9.97 Å². The van der Waals surface area contributed by atoms with Crippen LogP contribution in [0.2, 0.25) is 0 Å². The second kappa shape index (κ2) is 6.54. The Kier molecular flexibility index (Phi) is 4.75. The molecule has 0 aliphatic heterocycles. The van der Waals surface area contributed by atoms with E-state index in [2.05, 4.69) is 15.3 Å². The van der Waals surface area contributed by atoms with Gasteiger partial charge in [0.15, 0.2) is 0 Å². The lowest BCUT2D eigenvalue weighted by molar-refractivity contribution is 0.291. The van der Waals surface area contributed by atoms with Gasteiger partial charge < -0.3 is 14.8 Å². The number of aromatic nitrogens is 2. The summed E-state index contributed by atoms with van der Waals surface area (Å²) in [5.41, 5.74) is 0.885. The molecule has 1 fully saturated rings. The van der Waals surface area contributed by atoms with E-state index in [9.17, 15) is 0 Å². The van der Waals surface area contributed by atoms with E-state index < -0.39 is 0 Å². The first-order valence-corrected chi connectivity index (χ1v) is 6.47. The molecule has 0 bridgehead atoms. The molecule has 0 unspecified atom stereocenters. The van der Waals surface area contributed by atoms with Gasteiger partial charge in [0.1, 0.15) is 6.33 Å². The van der Waals surface area contributed by atoms with Crippen molar-refractivity contribution in [1.82, 2.24) is 15.3 Å². The molecular weight excluding hydrogens is 230 g/mol. The van der Waals surface area contributed by atoms with Crippen LogP contribution in [-0.4, -0.2) is 30.7 Å². The van der Waals surface area contributed by atoms with Gasteiger partial charge in [0.2, 0.25) is 11.8 Å². The molecule has 1 heterocycles. The van der Waals surface area contributed by atoms with Crippen LogP contribution < -0.4 is 14.8 Å². The molecule has 5 nitrogen and oxygen atoms in total. The molecule has 1 aromatic heterocycles. The quantitative estimate of drug-likeness (QED) is 0.748. The molecule has 5 heteroatoms. The maximum atomic E-state index is 5.23. The zero-order valence-electron chi connectivity index (χ0n) is 11.1. The fourth-order valence-electron chi connectivity index (χ4n) is 2.19. The topological polar surface area (TPSA) is 56.3 Å². The van der Waals surface area contributed by atoms with E-state index in [-0.39, 0.29) is 0 Å². The Balaban J connectivity index is 1.86. The zero-order valence-corrected chi connectivity index (χ0v) is 11.1. The summed E-state index contributed by atoms with van der Waals surface area (Å²) in [6, 6.07) is 0. The molecule has 0 radical (unpaired) electrons. The minimum absolute atomic E-state index is 0.581. The lowest BCUT2D eigenvalue weighted by Crippen LogP contribution is -2.21. The van der Waals surface area contributed by atoms with Crippen LogP contribution in [-0.2, 0) is 6.54 Å². The third-order valence-corrected chi connectivity index (χ3v) is 3.51. The summed E-state index contributed by atoms with van der Waals surface area (Å²) in [6.07, 6.45) is 6.89. The Bertz CT molecular complexity index is 358. The minimum Gasteiger partial charge on any atom is -0.481 e. The standard InChI is InChI=1S/C13H21N3O2/c1-17-12-11(13(18-2)16-9-15-12)8-14-7-6-10-4-3-5-10/h9-10,14H,3-8H2,1-2H3. The molecule has 100 valence electrons. The van der Waals surface area contributed by atoms with E-state index in [0.717, 1.165) is 18.0 Å². The summed E-state index contributed by atoms with van der Waals surface area (Å²) in [4.78, 5) is 8.19. The van der Waals surface area contributed by atoms with Crippen LogP contribution in [0.1, 0.15) is 31.2 Å². The summed E-state index contributed by atoms with van der Waals surface area (Å²) >= 11 is 0. The second-order valence-corrected chi connectivity index (χ2v) is 4.63. The molecule has 0 amide bonds. The van der Waals surface area contributed by atoms with E-state index in [1.807, 2.05) is 0 Å². The molecule has 1 aliphatic rings. The molecule has 1 N–H and O–H groups in total. The van der Waals surface area contributed by atoms with Gasteiger partial charge in [0.05, 0.1) is 19.8 Å². The van der Waals surface area contributed by atoms with E-state index in [1.54, 1.807) is 14.2 Å². The molecule has 0 saturated heterocycles. The van der Waals surface area contributed by atoms with E-state index >= 15 is 0 Å². The molecular formula is C13H21N3O2. The first-order chi connectivity index (χ1) is 8.85. The Morgan fingerprint density at radius 3 is 2.39 bits per heavy atom. The maximum Gasteiger partial charge on any atom is 0.224 e. The highest BCUT2D eigenvalue weighted by atomic mass is 16.5. The molecule has 18 heavy (non-hydrogen) atoms. The molecule has 2 rings (SSSR count). The van der Waals surface area contributed by atoms with Crippen molar-refractivity contribution in [2.75, 3.05) is 20.8 Å². The highest BCUT2D eigenvalue weighted by Gasteiger charge is 2.17. The predicted octanol–water partition coefficient (Wildman–Crippen LogP) is 1.77. The van der Waals surface area contributed by atoms with Gasteiger partial charge >= 0.3 is 0 Å². The summed E-state index contributed by atoms with van der Waals surface area (Å²) in [5.74, 6) is 2.09. The number of hydrogen-bond acceptors (Lipinski definition) is 5. The number of nitrogens with zero attached hydrogens (tertiary/aromatic N) is 2. The van der Waals surface area contributed by atoms with Crippen LogP contribution in [0.15, 0.2) is 6.33 Å². The lowest BCUT2D eigenvalue weighted by Gasteiger charge is -2.25. The number of ether oxygens (including phenoxy) is 2. The largest absolute Gasteiger partial charge is 0.481 e. The highest BCUT2D eigenvalue weighted by molar-refractivity contribution is 5.34. The minimum atomic E-state index is 0.581. The third kappa shape index (κ3) is 3.10. The van der Waals surface area contributed by atoms with Crippen LogP contribution in [0.3, 0.4) is 0 Å². The first kappa shape index (κ1) is 13.1. The van der Waals surface area contributed by atoms with Crippen molar-refractivity contribution < 1.29 is 9.47 Å². The number of nitrogens with one attached hydrogen (secondary N) is 1. The van der Waals surface area contributed by atoms with Gasteiger partial charge in [0, 0.05) is 6.54 Å². The van der Waals surface area contributed by atoms with Crippen molar-refractivity contribution in [3.05, 3.63) is 11.9 Å². The molecule has 0 atom stereocenters.